The van der Waals surface area contributed by atoms with Gasteiger partial charge in [0.05, 0.1) is 0 Å². The highest BCUT2D eigenvalue weighted by atomic mass is 16.3. The molecule has 4 N–H and O–H groups in total. The Morgan fingerprint density at radius 3 is 2.56 bits per heavy atom. The van der Waals surface area contributed by atoms with Crippen molar-refractivity contribution < 1.29 is 19.5 Å². The second kappa shape index (κ2) is 13.2. The first-order valence-corrected chi connectivity index (χ1v) is 11.6. The molecule has 180 valence electrons. The SMILES string of the molecule is O=C1CC(c2ccccc2)NCCCCN(C(=O)c2ccc3[nH]ccc3c2)CCCN1.O=CO. The molecule has 1 aliphatic rings. The fraction of sp³-hybridized carbons (Fsp3) is 0.346. The van der Waals surface area contributed by atoms with E-state index < -0.39 is 0 Å². The lowest BCUT2D eigenvalue weighted by Crippen LogP contribution is -2.35. The average molecular weight is 465 g/mol. The molecular formula is C26H32N4O4. The zero-order valence-electron chi connectivity index (χ0n) is 19.2. The summed E-state index contributed by atoms with van der Waals surface area (Å²) in [6.07, 6.45) is 4.92. The number of nitrogens with zero attached hydrogens (tertiary/aromatic N) is 1. The van der Waals surface area contributed by atoms with Gasteiger partial charge in [0, 0.05) is 54.8 Å². The van der Waals surface area contributed by atoms with E-state index in [9.17, 15) is 9.59 Å². The van der Waals surface area contributed by atoms with E-state index in [4.69, 9.17) is 9.90 Å². The zero-order valence-corrected chi connectivity index (χ0v) is 19.2. The van der Waals surface area contributed by atoms with Gasteiger partial charge in [-0.1, -0.05) is 30.3 Å². The number of H-pyrrole nitrogens is 1. The molecule has 3 aromatic rings. The first kappa shape index (κ1) is 25.0. The van der Waals surface area contributed by atoms with E-state index in [1.807, 2.05) is 53.6 Å². The van der Waals surface area contributed by atoms with E-state index in [-0.39, 0.29) is 24.3 Å². The summed E-state index contributed by atoms with van der Waals surface area (Å²) in [5.74, 6) is 0.0933. The van der Waals surface area contributed by atoms with Crippen LogP contribution in [0.2, 0.25) is 0 Å². The molecule has 8 nitrogen and oxygen atoms in total. The number of aromatic amines is 1. The van der Waals surface area contributed by atoms with E-state index in [0.717, 1.165) is 48.8 Å². The molecule has 4 rings (SSSR count). The Kier molecular flexibility index (Phi) is 9.66. The van der Waals surface area contributed by atoms with Gasteiger partial charge in [-0.2, -0.15) is 0 Å². The maximum Gasteiger partial charge on any atom is 0.290 e. The molecule has 2 amide bonds. The molecule has 0 saturated carbocycles. The third-order valence-electron chi connectivity index (χ3n) is 5.85. The highest BCUT2D eigenvalue weighted by Gasteiger charge is 2.19. The second-order valence-electron chi connectivity index (χ2n) is 8.21. The zero-order chi connectivity index (χ0) is 24.2. The molecule has 0 bridgehead atoms. The summed E-state index contributed by atoms with van der Waals surface area (Å²) in [6.45, 7) is 2.49. The molecular weight excluding hydrogens is 432 g/mol. The molecule has 1 unspecified atom stereocenters. The Morgan fingerprint density at radius 1 is 1.00 bits per heavy atom. The number of carbonyl (C=O) groups excluding carboxylic acids is 2. The predicted molar refractivity (Wildman–Crippen MR) is 132 cm³/mol. The van der Waals surface area contributed by atoms with Crippen LogP contribution in [0.1, 0.15) is 47.6 Å². The molecule has 1 fully saturated rings. The van der Waals surface area contributed by atoms with Gasteiger partial charge in [0.15, 0.2) is 0 Å². The van der Waals surface area contributed by atoms with Gasteiger partial charge in [-0.15, -0.1) is 0 Å². The second-order valence-corrected chi connectivity index (χ2v) is 8.21. The van der Waals surface area contributed by atoms with Gasteiger partial charge < -0.3 is 25.6 Å². The van der Waals surface area contributed by atoms with Crippen LogP contribution in [-0.4, -0.2) is 59.5 Å². The van der Waals surface area contributed by atoms with Crippen LogP contribution in [0.25, 0.3) is 10.9 Å². The Labute approximate surface area is 199 Å². The fourth-order valence-electron chi connectivity index (χ4n) is 4.14. The van der Waals surface area contributed by atoms with Gasteiger partial charge in [-0.25, -0.2) is 0 Å². The summed E-state index contributed by atoms with van der Waals surface area (Å²) in [4.78, 5) is 39.1. The van der Waals surface area contributed by atoms with Crippen molar-refractivity contribution in [3.05, 3.63) is 71.9 Å². The number of fused-ring (bicyclic) bond motifs is 1. The summed E-state index contributed by atoms with van der Waals surface area (Å²) in [6, 6.07) is 17.9. The lowest BCUT2D eigenvalue weighted by Gasteiger charge is -2.23. The number of aromatic nitrogens is 1. The first-order chi connectivity index (χ1) is 16.6. The molecule has 1 atom stereocenters. The molecule has 2 heterocycles. The standard InChI is InChI=1S/C25H30N4O2.CH2O2/c30-24-18-23(19-7-2-1-3-8-19)26-12-4-5-15-29(16-6-13-28-24)25(31)21-9-10-22-20(17-21)11-14-27-22;2-1-3/h1-3,7-11,14,17,23,26-27H,4-6,12-13,15-16,18H2,(H,28,30);1H,(H,2,3). The Bertz CT molecular complexity index is 1070. The number of benzene rings is 2. The van der Waals surface area contributed by atoms with Crippen molar-refractivity contribution in [2.24, 2.45) is 0 Å². The van der Waals surface area contributed by atoms with Gasteiger partial charge in [0.2, 0.25) is 5.91 Å². The van der Waals surface area contributed by atoms with Crippen molar-refractivity contribution in [1.29, 1.82) is 0 Å². The summed E-state index contributed by atoms with van der Waals surface area (Å²) >= 11 is 0. The predicted octanol–water partition coefficient (Wildman–Crippen LogP) is 3.33. The normalized spacial score (nSPS) is 17.8. The summed E-state index contributed by atoms with van der Waals surface area (Å²) in [7, 11) is 0. The quantitative estimate of drug-likeness (QED) is 0.435. The van der Waals surface area contributed by atoms with E-state index in [0.29, 0.717) is 25.1 Å². The van der Waals surface area contributed by atoms with Gasteiger partial charge in [0.1, 0.15) is 0 Å². The Hall–Kier alpha value is -3.65. The molecule has 34 heavy (non-hydrogen) atoms. The maximum atomic E-state index is 13.2. The van der Waals surface area contributed by atoms with Gasteiger partial charge >= 0.3 is 0 Å². The van der Waals surface area contributed by atoms with Crippen molar-refractivity contribution in [3.8, 4) is 0 Å². The van der Waals surface area contributed by atoms with Crippen molar-refractivity contribution in [2.45, 2.75) is 31.7 Å². The third kappa shape index (κ3) is 7.18. The maximum absolute atomic E-state index is 13.2. The van der Waals surface area contributed by atoms with Crippen LogP contribution >= 0.6 is 0 Å². The lowest BCUT2D eigenvalue weighted by atomic mass is 10.0. The van der Waals surface area contributed by atoms with Crippen molar-refractivity contribution in [3.63, 3.8) is 0 Å². The highest BCUT2D eigenvalue weighted by molar-refractivity contribution is 5.98. The van der Waals surface area contributed by atoms with Crippen LogP contribution < -0.4 is 10.6 Å². The van der Waals surface area contributed by atoms with Crippen LogP contribution in [0.3, 0.4) is 0 Å². The van der Waals surface area contributed by atoms with Gasteiger partial charge in [0.25, 0.3) is 12.4 Å². The van der Waals surface area contributed by atoms with Crippen LogP contribution in [-0.2, 0) is 9.59 Å². The number of amides is 2. The largest absolute Gasteiger partial charge is 0.483 e. The highest BCUT2D eigenvalue weighted by Crippen LogP contribution is 2.18. The minimum Gasteiger partial charge on any atom is -0.483 e. The van der Waals surface area contributed by atoms with E-state index in [2.05, 4.69) is 27.8 Å². The van der Waals surface area contributed by atoms with Crippen molar-refractivity contribution in [1.82, 2.24) is 20.5 Å². The number of rotatable bonds is 2. The fourth-order valence-corrected chi connectivity index (χ4v) is 4.14. The molecule has 8 heteroatoms. The minimum atomic E-state index is -0.250. The van der Waals surface area contributed by atoms with Gasteiger partial charge in [-0.05, 0) is 55.6 Å². The van der Waals surface area contributed by atoms with Crippen LogP contribution in [0.15, 0.2) is 60.8 Å². The Morgan fingerprint density at radius 2 is 1.76 bits per heavy atom. The molecule has 0 spiro atoms. The number of carboxylic acid groups (broad SMARTS) is 1. The third-order valence-corrected chi connectivity index (χ3v) is 5.85. The summed E-state index contributed by atoms with van der Waals surface area (Å²) < 4.78 is 0. The molecule has 1 saturated heterocycles. The summed E-state index contributed by atoms with van der Waals surface area (Å²) in [5, 5.41) is 14.5. The van der Waals surface area contributed by atoms with E-state index >= 15 is 0 Å². The van der Waals surface area contributed by atoms with Crippen molar-refractivity contribution >= 4 is 29.2 Å². The van der Waals surface area contributed by atoms with E-state index in [1.165, 1.54) is 0 Å². The smallest absolute Gasteiger partial charge is 0.290 e. The first-order valence-electron chi connectivity index (χ1n) is 11.6. The van der Waals surface area contributed by atoms with Crippen LogP contribution in [0, 0.1) is 0 Å². The Balaban J connectivity index is 0.00000103. The topological polar surface area (TPSA) is 115 Å². The summed E-state index contributed by atoms with van der Waals surface area (Å²) in [5.41, 5.74) is 2.87. The number of nitrogens with one attached hydrogen (secondary N) is 3. The average Bonchev–Trinajstić information content (AvgIpc) is 3.33. The van der Waals surface area contributed by atoms with E-state index in [1.54, 1.807) is 0 Å². The van der Waals surface area contributed by atoms with Crippen LogP contribution in [0.5, 0.6) is 0 Å². The number of carbonyl (C=O) groups is 3. The minimum absolute atomic E-state index is 0.00719. The molecule has 2 aromatic carbocycles. The number of hydrogen-bond acceptors (Lipinski definition) is 4. The molecule has 1 aromatic heterocycles. The number of hydrogen-bond donors (Lipinski definition) is 4. The van der Waals surface area contributed by atoms with Crippen molar-refractivity contribution in [2.75, 3.05) is 26.2 Å². The monoisotopic (exact) mass is 464 g/mol. The molecule has 0 aliphatic carbocycles. The van der Waals surface area contributed by atoms with Gasteiger partial charge in [-0.3, -0.25) is 14.4 Å². The lowest BCUT2D eigenvalue weighted by molar-refractivity contribution is -0.123. The molecule has 1 aliphatic heterocycles. The molecule has 0 radical (unpaired) electrons. The van der Waals surface area contributed by atoms with Crippen LogP contribution in [0.4, 0.5) is 0 Å².